The number of benzene rings is 2. The molecule has 202 valence electrons. The maximum absolute atomic E-state index is 15.4. The summed E-state index contributed by atoms with van der Waals surface area (Å²) in [5, 5.41) is 0.182. The first-order chi connectivity index (χ1) is 18.8. The van der Waals surface area contributed by atoms with E-state index in [0.29, 0.717) is 30.5 Å². The highest BCUT2D eigenvalue weighted by Crippen LogP contribution is 2.41. The van der Waals surface area contributed by atoms with Gasteiger partial charge in [-0.1, -0.05) is 24.3 Å². The fourth-order valence-corrected chi connectivity index (χ4v) is 6.47. The minimum atomic E-state index is -4.18. The molecule has 1 aliphatic rings. The summed E-state index contributed by atoms with van der Waals surface area (Å²) in [6, 6.07) is 13.1. The zero-order valence-electron chi connectivity index (χ0n) is 21.4. The molecule has 0 N–H and O–H groups in total. The van der Waals surface area contributed by atoms with Crippen LogP contribution in [0.5, 0.6) is 5.75 Å². The normalized spacial score (nSPS) is 15.7. The molecule has 1 unspecified atom stereocenters. The van der Waals surface area contributed by atoms with Crippen molar-refractivity contribution in [2.75, 3.05) is 13.7 Å². The molecule has 2 heterocycles. The van der Waals surface area contributed by atoms with Gasteiger partial charge in [0.15, 0.2) is 5.65 Å². The number of methoxy groups -OCH3 is 1. The van der Waals surface area contributed by atoms with Crippen molar-refractivity contribution < 1.29 is 31.5 Å². The van der Waals surface area contributed by atoms with Gasteiger partial charge in [0.1, 0.15) is 17.4 Å². The SMILES string of the molecule is CCOC(=O)C1CC=C(c2cc3c(-c4cc(F)ccc4OC)c(F)cnc3n2S(=O)(=O)c2ccccc2)CC1. The largest absolute Gasteiger partial charge is 0.496 e. The molecule has 10 heteroatoms. The first-order valence-electron chi connectivity index (χ1n) is 12.5. The second-order valence-corrected chi connectivity index (χ2v) is 10.9. The average Bonchev–Trinajstić information content (AvgIpc) is 3.34. The number of hydrogen-bond acceptors (Lipinski definition) is 6. The van der Waals surface area contributed by atoms with Crippen LogP contribution in [0.3, 0.4) is 0 Å². The molecule has 2 aromatic carbocycles. The summed E-state index contributed by atoms with van der Waals surface area (Å²) in [5.41, 5.74) is 1.06. The maximum atomic E-state index is 15.4. The molecule has 0 fully saturated rings. The lowest BCUT2D eigenvalue weighted by Gasteiger charge is -2.21. The Hall–Kier alpha value is -4.05. The van der Waals surface area contributed by atoms with Gasteiger partial charge < -0.3 is 9.47 Å². The van der Waals surface area contributed by atoms with Crippen molar-refractivity contribution in [2.24, 2.45) is 5.92 Å². The number of halogens is 2. The van der Waals surface area contributed by atoms with Gasteiger partial charge >= 0.3 is 5.97 Å². The number of fused-ring (bicyclic) bond motifs is 1. The Morgan fingerprint density at radius 1 is 1.13 bits per heavy atom. The van der Waals surface area contributed by atoms with Crippen LogP contribution in [-0.4, -0.2) is 37.1 Å². The Morgan fingerprint density at radius 2 is 1.90 bits per heavy atom. The van der Waals surface area contributed by atoms with Crippen molar-refractivity contribution in [2.45, 2.75) is 31.1 Å². The Balaban J connectivity index is 1.77. The van der Waals surface area contributed by atoms with Crippen molar-refractivity contribution in [3.05, 3.63) is 84.2 Å². The van der Waals surface area contributed by atoms with Crippen LogP contribution in [-0.2, 0) is 19.6 Å². The third-order valence-electron chi connectivity index (χ3n) is 6.81. The summed E-state index contributed by atoms with van der Waals surface area (Å²) in [6.07, 6.45) is 3.96. The molecule has 7 nitrogen and oxygen atoms in total. The molecule has 0 aliphatic heterocycles. The fourth-order valence-electron chi connectivity index (χ4n) is 4.95. The minimum absolute atomic E-state index is 0.00927. The van der Waals surface area contributed by atoms with Crippen LogP contribution in [0.1, 0.15) is 31.9 Å². The van der Waals surface area contributed by atoms with E-state index in [2.05, 4.69) is 4.98 Å². The predicted molar refractivity (Wildman–Crippen MR) is 143 cm³/mol. The highest BCUT2D eigenvalue weighted by atomic mass is 32.2. The topological polar surface area (TPSA) is 87.5 Å². The first kappa shape index (κ1) is 26.6. The van der Waals surface area contributed by atoms with Crippen molar-refractivity contribution in [3.63, 3.8) is 0 Å². The van der Waals surface area contributed by atoms with Gasteiger partial charge in [0.2, 0.25) is 0 Å². The van der Waals surface area contributed by atoms with Gasteiger partial charge in [-0.2, -0.15) is 0 Å². The van der Waals surface area contributed by atoms with E-state index < -0.39 is 21.7 Å². The average molecular weight is 553 g/mol. The monoisotopic (exact) mass is 552 g/mol. The van der Waals surface area contributed by atoms with E-state index in [1.165, 1.54) is 31.4 Å². The van der Waals surface area contributed by atoms with E-state index >= 15 is 4.39 Å². The molecule has 0 spiro atoms. The number of allylic oxidation sites excluding steroid dienone is 2. The Kier molecular flexibility index (Phi) is 7.22. The highest BCUT2D eigenvalue weighted by molar-refractivity contribution is 7.90. The fraction of sp³-hybridized carbons (Fsp3) is 0.241. The summed E-state index contributed by atoms with van der Waals surface area (Å²) >= 11 is 0. The maximum Gasteiger partial charge on any atom is 0.309 e. The summed E-state index contributed by atoms with van der Waals surface area (Å²) < 4.78 is 69.3. The van der Waals surface area contributed by atoms with Crippen molar-refractivity contribution in [1.82, 2.24) is 8.96 Å². The van der Waals surface area contributed by atoms with Crippen molar-refractivity contribution in [1.29, 1.82) is 0 Å². The third kappa shape index (κ3) is 4.80. The van der Waals surface area contributed by atoms with Crippen LogP contribution in [0.4, 0.5) is 8.78 Å². The number of esters is 1. The number of aromatic nitrogens is 2. The number of carbonyl (C=O) groups is 1. The molecule has 2 aromatic heterocycles. The molecule has 0 bridgehead atoms. The molecular weight excluding hydrogens is 526 g/mol. The standard InChI is InChI=1S/C29H26F2N2O5S/c1-3-38-29(34)19-11-9-18(10-12-19)25-16-23-27(22-15-20(30)13-14-26(22)37-2)24(31)17-32-28(23)33(25)39(35,36)21-7-5-4-6-8-21/h4-9,13-17,19H,3,10-12H2,1-2H3. The van der Waals surface area contributed by atoms with Crippen molar-refractivity contribution in [3.8, 4) is 16.9 Å². The van der Waals surface area contributed by atoms with Gasteiger partial charge in [-0.05, 0) is 68.2 Å². The van der Waals surface area contributed by atoms with Gasteiger partial charge in [-0.3, -0.25) is 4.79 Å². The highest BCUT2D eigenvalue weighted by Gasteiger charge is 2.31. The quantitative estimate of drug-likeness (QED) is 0.263. The van der Waals surface area contributed by atoms with E-state index in [1.807, 2.05) is 6.08 Å². The lowest BCUT2D eigenvalue weighted by molar-refractivity contribution is -0.148. The smallest absolute Gasteiger partial charge is 0.309 e. The number of ether oxygens (including phenoxy) is 2. The number of rotatable bonds is 7. The van der Waals surface area contributed by atoms with Crippen LogP contribution in [0.15, 0.2) is 71.8 Å². The zero-order valence-corrected chi connectivity index (χ0v) is 22.2. The van der Waals surface area contributed by atoms with E-state index in [0.717, 1.165) is 16.2 Å². The Labute approximate surface area is 224 Å². The number of carbonyl (C=O) groups excluding carboxylic acids is 1. The van der Waals surface area contributed by atoms with E-state index in [4.69, 9.17) is 9.47 Å². The Morgan fingerprint density at radius 3 is 2.56 bits per heavy atom. The number of hydrogen-bond donors (Lipinski definition) is 0. The van der Waals surface area contributed by atoms with Gasteiger partial charge in [0, 0.05) is 16.5 Å². The van der Waals surface area contributed by atoms with Crippen LogP contribution in [0, 0.1) is 17.6 Å². The molecular formula is C29H26F2N2O5S. The van der Waals surface area contributed by atoms with Gasteiger partial charge in [0.05, 0.1) is 36.4 Å². The molecule has 0 amide bonds. The molecule has 1 atom stereocenters. The van der Waals surface area contributed by atoms with E-state index in [1.54, 1.807) is 31.2 Å². The summed E-state index contributed by atoms with van der Waals surface area (Å²) in [7, 11) is -2.80. The second kappa shape index (κ2) is 10.6. The number of pyridine rings is 1. The lowest BCUT2D eigenvalue weighted by Crippen LogP contribution is -2.21. The molecule has 1 aliphatic carbocycles. The molecule has 4 aromatic rings. The van der Waals surface area contributed by atoms with E-state index in [-0.39, 0.29) is 51.3 Å². The van der Waals surface area contributed by atoms with Gasteiger partial charge in [0.25, 0.3) is 10.0 Å². The third-order valence-corrected chi connectivity index (χ3v) is 8.53. The first-order valence-corrected chi connectivity index (χ1v) is 13.9. The second-order valence-electron chi connectivity index (χ2n) is 9.13. The lowest BCUT2D eigenvalue weighted by atomic mass is 9.88. The number of nitrogens with zero attached hydrogens (tertiary/aromatic N) is 2. The predicted octanol–water partition coefficient (Wildman–Crippen LogP) is 5.97. The molecule has 0 saturated carbocycles. The zero-order chi connectivity index (χ0) is 27.7. The summed E-state index contributed by atoms with van der Waals surface area (Å²) in [4.78, 5) is 16.5. The van der Waals surface area contributed by atoms with Crippen LogP contribution >= 0.6 is 0 Å². The summed E-state index contributed by atoms with van der Waals surface area (Å²) in [5.74, 6) is -1.77. The molecule has 39 heavy (non-hydrogen) atoms. The van der Waals surface area contributed by atoms with Crippen LogP contribution < -0.4 is 4.74 Å². The minimum Gasteiger partial charge on any atom is -0.496 e. The molecule has 5 rings (SSSR count). The van der Waals surface area contributed by atoms with Crippen molar-refractivity contribution >= 4 is 32.6 Å². The molecule has 0 saturated heterocycles. The van der Waals surface area contributed by atoms with Crippen LogP contribution in [0.2, 0.25) is 0 Å². The van der Waals surface area contributed by atoms with E-state index in [9.17, 15) is 17.6 Å². The van der Waals surface area contributed by atoms with Gasteiger partial charge in [-0.25, -0.2) is 26.2 Å². The summed E-state index contributed by atoms with van der Waals surface area (Å²) in [6.45, 7) is 2.02. The Bertz CT molecular complexity index is 1700. The van der Waals surface area contributed by atoms with Gasteiger partial charge in [-0.15, -0.1) is 0 Å². The van der Waals surface area contributed by atoms with Crippen LogP contribution in [0.25, 0.3) is 27.7 Å². The molecule has 0 radical (unpaired) electrons.